The molecule has 0 unspecified atom stereocenters. The van der Waals surface area contributed by atoms with E-state index in [0.29, 0.717) is 0 Å². The number of nitrogens with zero attached hydrogens (tertiary/aromatic N) is 2. The summed E-state index contributed by atoms with van der Waals surface area (Å²) in [7, 11) is 0. The molecule has 0 fully saturated rings. The molecule has 0 bridgehead atoms. The molecule has 1 aliphatic heterocycles. The number of hydrogen-bond donors (Lipinski definition) is 0. The fourth-order valence-electron chi connectivity index (χ4n) is 4.53. The second-order valence-corrected chi connectivity index (χ2v) is 8.57. The molecule has 5 aromatic carbocycles. The molecule has 0 amide bonds. The number of para-hydroxylation sites is 3. The van der Waals surface area contributed by atoms with Crippen LogP contribution in [0, 0.1) is 11.8 Å². The number of fused-ring (bicyclic) bond motifs is 1. The van der Waals surface area contributed by atoms with Gasteiger partial charge >= 0.3 is 0 Å². The fourth-order valence-corrected chi connectivity index (χ4v) is 4.53. The summed E-state index contributed by atoms with van der Waals surface area (Å²) in [6, 6.07) is 46.6. The van der Waals surface area contributed by atoms with Gasteiger partial charge in [0.2, 0.25) is 0 Å². The molecule has 5 aromatic rings. The highest BCUT2D eigenvalue weighted by molar-refractivity contribution is 5.87. The fraction of sp³-hybridized carbons (Fsp3) is 0.0303. The predicted molar refractivity (Wildman–Crippen MR) is 146 cm³/mol. The largest absolute Gasteiger partial charge is 0.321 e. The van der Waals surface area contributed by atoms with Crippen LogP contribution in [-0.2, 0) is 0 Å². The van der Waals surface area contributed by atoms with E-state index in [2.05, 4.69) is 125 Å². The van der Waals surface area contributed by atoms with Gasteiger partial charge in [-0.2, -0.15) is 0 Å². The van der Waals surface area contributed by atoms with E-state index in [4.69, 9.17) is 0 Å². The summed E-state index contributed by atoms with van der Waals surface area (Å²) >= 11 is 0. The number of hydrogen-bond acceptors (Lipinski definition) is 2. The zero-order valence-electron chi connectivity index (χ0n) is 19.3. The van der Waals surface area contributed by atoms with E-state index in [1.807, 2.05) is 30.3 Å². The van der Waals surface area contributed by atoms with Crippen molar-refractivity contribution in [3.05, 3.63) is 145 Å². The third kappa shape index (κ3) is 4.28. The first kappa shape index (κ1) is 20.8. The van der Waals surface area contributed by atoms with Crippen LogP contribution in [0.1, 0.15) is 11.1 Å². The van der Waals surface area contributed by atoms with Crippen LogP contribution >= 0.6 is 0 Å². The lowest BCUT2D eigenvalue weighted by atomic mass is 10.0. The minimum absolute atomic E-state index is 0.779. The van der Waals surface area contributed by atoms with Gasteiger partial charge in [-0.1, -0.05) is 84.6 Å². The molecule has 0 aliphatic carbocycles. The van der Waals surface area contributed by atoms with Crippen molar-refractivity contribution in [2.24, 2.45) is 0 Å². The number of anilines is 4. The summed E-state index contributed by atoms with van der Waals surface area (Å²) in [5, 5.41) is 0. The van der Waals surface area contributed by atoms with E-state index >= 15 is 0 Å². The quantitative estimate of drug-likeness (QED) is 0.258. The van der Waals surface area contributed by atoms with Crippen LogP contribution in [0.15, 0.2) is 133 Å². The molecule has 0 saturated carbocycles. The molecule has 2 nitrogen and oxygen atoms in total. The topological polar surface area (TPSA) is 6.48 Å². The monoisotopic (exact) mass is 448 g/mol. The third-order valence-electron chi connectivity index (χ3n) is 6.32. The van der Waals surface area contributed by atoms with Crippen molar-refractivity contribution in [3.63, 3.8) is 0 Å². The van der Waals surface area contributed by atoms with E-state index in [1.165, 1.54) is 33.9 Å². The van der Waals surface area contributed by atoms with Crippen molar-refractivity contribution in [3.8, 4) is 23.0 Å². The van der Waals surface area contributed by atoms with Gasteiger partial charge in [0.25, 0.3) is 0 Å². The zero-order valence-corrected chi connectivity index (χ0v) is 19.3. The Morgan fingerprint density at radius 3 is 1.66 bits per heavy atom. The lowest BCUT2D eigenvalue weighted by Gasteiger charge is -2.22. The van der Waals surface area contributed by atoms with Crippen LogP contribution < -0.4 is 9.80 Å². The average Bonchev–Trinajstić information content (AvgIpc) is 3.33. The summed E-state index contributed by atoms with van der Waals surface area (Å²) in [6.45, 7) is 0.779. The molecule has 0 saturated heterocycles. The molecular weight excluding hydrogens is 424 g/mol. The van der Waals surface area contributed by atoms with Gasteiger partial charge in [-0.25, -0.2) is 0 Å². The Morgan fingerprint density at radius 2 is 0.971 bits per heavy atom. The zero-order chi connectivity index (χ0) is 23.5. The summed E-state index contributed by atoms with van der Waals surface area (Å²) in [5.41, 5.74) is 9.25. The van der Waals surface area contributed by atoms with Crippen LogP contribution in [0.25, 0.3) is 11.1 Å². The summed E-state index contributed by atoms with van der Waals surface area (Å²) in [6.07, 6.45) is 0. The predicted octanol–water partition coefficient (Wildman–Crippen LogP) is 8.00. The highest BCUT2D eigenvalue weighted by atomic mass is 15.4. The molecule has 1 heterocycles. The first-order valence-corrected chi connectivity index (χ1v) is 11.8. The first-order valence-electron chi connectivity index (χ1n) is 11.8. The van der Waals surface area contributed by atoms with Gasteiger partial charge < -0.3 is 9.80 Å². The highest BCUT2D eigenvalue weighted by Gasteiger charge is 2.27. The van der Waals surface area contributed by atoms with Gasteiger partial charge in [0.05, 0.1) is 11.4 Å². The average molecular weight is 449 g/mol. The number of benzene rings is 5. The molecule has 166 valence electrons. The maximum absolute atomic E-state index is 3.26. The molecule has 0 radical (unpaired) electrons. The van der Waals surface area contributed by atoms with Crippen LogP contribution in [0.3, 0.4) is 0 Å². The van der Waals surface area contributed by atoms with Crippen LogP contribution in [-0.4, -0.2) is 6.67 Å². The van der Waals surface area contributed by atoms with Crippen molar-refractivity contribution in [1.82, 2.24) is 0 Å². The smallest absolute Gasteiger partial charge is 0.100 e. The van der Waals surface area contributed by atoms with E-state index in [1.54, 1.807) is 0 Å². The van der Waals surface area contributed by atoms with E-state index in [9.17, 15) is 0 Å². The molecule has 0 atom stereocenters. The van der Waals surface area contributed by atoms with Crippen LogP contribution in [0.2, 0.25) is 0 Å². The highest BCUT2D eigenvalue weighted by Crippen LogP contribution is 2.44. The van der Waals surface area contributed by atoms with Gasteiger partial charge in [0, 0.05) is 22.5 Å². The van der Waals surface area contributed by atoms with Gasteiger partial charge in [-0.15, -0.1) is 0 Å². The summed E-state index contributed by atoms with van der Waals surface area (Å²) in [5.74, 6) is 6.50. The van der Waals surface area contributed by atoms with Crippen molar-refractivity contribution < 1.29 is 0 Å². The Balaban J connectivity index is 1.28. The molecule has 2 heteroatoms. The van der Waals surface area contributed by atoms with E-state index in [0.717, 1.165) is 17.8 Å². The minimum Gasteiger partial charge on any atom is -0.321 e. The van der Waals surface area contributed by atoms with E-state index < -0.39 is 0 Å². The Bertz CT molecular complexity index is 1510. The Labute approximate surface area is 206 Å². The molecule has 6 rings (SSSR count). The third-order valence-corrected chi connectivity index (χ3v) is 6.32. The van der Waals surface area contributed by atoms with Crippen molar-refractivity contribution in [1.29, 1.82) is 0 Å². The van der Waals surface area contributed by atoms with Gasteiger partial charge in [0.15, 0.2) is 0 Å². The van der Waals surface area contributed by atoms with Gasteiger partial charge in [-0.3, -0.25) is 0 Å². The van der Waals surface area contributed by atoms with Crippen molar-refractivity contribution in [2.75, 3.05) is 16.5 Å². The molecule has 0 spiro atoms. The Kier molecular flexibility index (Phi) is 5.51. The SMILES string of the molecule is C(#Cc1ccc(-c2cccc(N3CN(c4ccccc4)c4ccccc43)c2)cc1)c1ccccc1. The maximum Gasteiger partial charge on any atom is 0.100 e. The van der Waals surface area contributed by atoms with Crippen molar-refractivity contribution >= 4 is 22.7 Å². The van der Waals surface area contributed by atoms with Crippen LogP contribution in [0.5, 0.6) is 0 Å². The number of rotatable bonds is 3. The first-order chi connectivity index (χ1) is 17.3. The second-order valence-electron chi connectivity index (χ2n) is 8.57. The van der Waals surface area contributed by atoms with Crippen LogP contribution in [0.4, 0.5) is 22.7 Å². The second kappa shape index (κ2) is 9.25. The van der Waals surface area contributed by atoms with E-state index in [-0.39, 0.29) is 0 Å². The standard InChI is InChI=1S/C33H24N2/c1-3-10-26(11-4-1)18-19-27-20-22-28(23-21-27)29-12-9-15-31(24-29)35-25-34(30-13-5-2-6-14-30)32-16-7-8-17-33(32)35/h1-17,20-24H,25H2. The van der Waals surface area contributed by atoms with Crippen molar-refractivity contribution in [2.45, 2.75) is 0 Å². The molecule has 1 aliphatic rings. The molecular formula is C33H24N2. The Hall–Kier alpha value is -4.74. The minimum atomic E-state index is 0.779. The molecule has 35 heavy (non-hydrogen) atoms. The Morgan fingerprint density at radius 1 is 0.429 bits per heavy atom. The normalized spacial score (nSPS) is 12.1. The summed E-state index contributed by atoms with van der Waals surface area (Å²) < 4.78 is 0. The molecule has 0 aromatic heterocycles. The van der Waals surface area contributed by atoms with Gasteiger partial charge in [0.1, 0.15) is 6.67 Å². The lowest BCUT2D eigenvalue weighted by Crippen LogP contribution is -2.23. The molecule has 0 N–H and O–H groups in total. The summed E-state index contributed by atoms with van der Waals surface area (Å²) in [4.78, 5) is 4.74. The maximum atomic E-state index is 3.26. The van der Waals surface area contributed by atoms with Gasteiger partial charge in [-0.05, 0) is 71.8 Å². The lowest BCUT2D eigenvalue weighted by molar-refractivity contribution is 0.991.